The topological polar surface area (TPSA) is 64.0 Å². The fourth-order valence-electron chi connectivity index (χ4n) is 2.71. The standard InChI is InChI=1S/C19H18ClN3O2/c1-3-17-21-15-7-5-4-6-14(15)19(25)23(17)11-18(24)22-16-10-13(20)9-8-12(16)2/h4-10H,3,11H2,1-2H3,(H,22,24). The molecule has 6 heteroatoms. The molecule has 0 aliphatic rings. The number of amides is 1. The van der Waals surface area contributed by atoms with Crippen LogP contribution in [0.1, 0.15) is 18.3 Å². The lowest BCUT2D eigenvalue weighted by molar-refractivity contribution is -0.116. The Kier molecular flexibility index (Phi) is 4.86. The van der Waals surface area contributed by atoms with Crippen molar-refractivity contribution in [2.24, 2.45) is 0 Å². The molecule has 128 valence electrons. The van der Waals surface area contributed by atoms with Crippen LogP contribution in [0.15, 0.2) is 47.3 Å². The summed E-state index contributed by atoms with van der Waals surface area (Å²) in [5.74, 6) is 0.293. The number of carbonyl (C=O) groups is 1. The molecule has 0 fully saturated rings. The maximum atomic E-state index is 12.7. The van der Waals surface area contributed by atoms with E-state index in [0.29, 0.717) is 33.9 Å². The van der Waals surface area contributed by atoms with E-state index in [2.05, 4.69) is 10.3 Å². The Labute approximate surface area is 150 Å². The van der Waals surface area contributed by atoms with Crippen LogP contribution in [-0.2, 0) is 17.8 Å². The van der Waals surface area contributed by atoms with E-state index in [9.17, 15) is 9.59 Å². The lowest BCUT2D eigenvalue weighted by Crippen LogP contribution is -2.31. The summed E-state index contributed by atoms with van der Waals surface area (Å²) in [6.45, 7) is 3.70. The number of anilines is 1. The average molecular weight is 356 g/mol. The summed E-state index contributed by atoms with van der Waals surface area (Å²) in [6, 6.07) is 12.4. The molecule has 3 rings (SSSR count). The minimum Gasteiger partial charge on any atom is -0.324 e. The number of aromatic nitrogens is 2. The predicted molar refractivity (Wildman–Crippen MR) is 100 cm³/mol. The van der Waals surface area contributed by atoms with Gasteiger partial charge in [-0.15, -0.1) is 0 Å². The number of halogens is 1. The molecule has 0 saturated heterocycles. The molecule has 0 aliphatic carbocycles. The van der Waals surface area contributed by atoms with Gasteiger partial charge in [-0.05, 0) is 36.8 Å². The molecule has 5 nitrogen and oxygen atoms in total. The Balaban J connectivity index is 1.94. The first kappa shape index (κ1) is 17.2. The molecule has 25 heavy (non-hydrogen) atoms. The molecule has 0 bridgehead atoms. The van der Waals surface area contributed by atoms with E-state index < -0.39 is 0 Å². The molecule has 0 saturated carbocycles. The number of benzene rings is 2. The normalized spacial score (nSPS) is 10.8. The molecule has 2 aromatic carbocycles. The first-order valence-corrected chi connectivity index (χ1v) is 8.42. The fraction of sp³-hybridized carbons (Fsp3) is 0.211. The Hall–Kier alpha value is -2.66. The number of para-hydroxylation sites is 1. The van der Waals surface area contributed by atoms with Crippen molar-refractivity contribution >= 4 is 34.1 Å². The Morgan fingerprint density at radius 1 is 1.24 bits per heavy atom. The Morgan fingerprint density at radius 3 is 2.76 bits per heavy atom. The molecular formula is C19H18ClN3O2. The van der Waals surface area contributed by atoms with Gasteiger partial charge in [0.25, 0.3) is 5.56 Å². The van der Waals surface area contributed by atoms with Crippen LogP contribution in [0.3, 0.4) is 0 Å². The lowest BCUT2D eigenvalue weighted by Gasteiger charge is -2.13. The van der Waals surface area contributed by atoms with E-state index in [4.69, 9.17) is 11.6 Å². The van der Waals surface area contributed by atoms with Crippen LogP contribution in [0.25, 0.3) is 10.9 Å². The molecule has 0 aliphatic heterocycles. The molecule has 1 N–H and O–H groups in total. The maximum absolute atomic E-state index is 12.7. The van der Waals surface area contributed by atoms with E-state index in [-0.39, 0.29) is 18.0 Å². The molecule has 1 aromatic heterocycles. The first-order chi connectivity index (χ1) is 12.0. The molecule has 1 heterocycles. The van der Waals surface area contributed by atoms with Gasteiger partial charge in [0, 0.05) is 17.1 Å². The molecule has 0 unspecified atom stereocenters. The van der Waals surface area contributed by atoms with Gasteiger partial charge in [0.15, 0.2) is 0 Å². The van der Waals surface area contributed by atoms with Crippen molar-refractivity contribution in [1.29, 1.82) is 0 Å². The number of rotatable bonds is 4. The minimum atomic E-state index is -0.292. The summed E-state index contributed by atoms with van der Waals surface area (Å²) in [4.78, 5) is 29.7. The van der Waals surface area contributed by atoms with Gasteiger partial charge in [-0.1, -0.05) is 36.7 Å². The third-order valence-corrected chi connectivity index (χ3v) is 4.27. The predicted octanol–water partition coefficient (Wildman–Crippen LogP) is 3.56. The third-order valence-electron chi connectivity index (χ3n) is 4.03. The van der Waals surface area contributed by atoms with Crippen molar-refractivity contribution in [2.45, 2.75) is 26.8 Å². The summed E-state index contributed by atoms with van der Waals surface area (Å²) >= 11 is 5.98. The zero-order chi connectivity index (χ0) is 18.0. The first-order valence-electron chi connectivity index (χ1n) is 8.04. The lowest BCUT2D eigenvalue weighted by atomic mass is 10.2. The Bertz CT molecular complexity index is 1010. The van der Waals surface area contributed by atoms with Crippen LogP contribution >= 0.6 is 11.6 Å². The smallest absolute Gasteiger partial charge is 0.261 e. The van der Waals surface area contributed by atoms with Crippen molar-refractivity contribution in [2.75, 3.05) is 5.32 Å². The van der Waals surface area contributed by atoms with E-state index in [1.54, 1.807) is 30.3 Å². The highest BCUT2D eigenvalue weighted by Gasteiger charge is 2.13. The monoisotopic (exact) mass is 355 g/mol. The summed E-state index contributed by atoms with van der Waals surface area (Å²) in [5, 5.41) is 3.86. The number of nitrogens with zero attached hydrogens (tertiary/aromatic N) is 2. The van der Waals surface area contributed by atoms with Gasteiger partial charge in [0.1, 0.15) is 12.4 Å². The molecule has 0 atom stereocenters. The minimum absolute atomic E-state index is 0.0915. The summed E-state index contributed by atoms with van der Waals surface area (Å²) < 4.78 is 1.43. The van der Waals surface area contributed by atoms with E-state index >= 15 is 0 Å². The van der Waals surface area contributed by atoms with Gasteiger partial charge in [0.05, 0.1) is 10.9 Å². The summed E-state index contributed by atoms with van der Waals surface area (Å²) in [5.41, 5.74) is 1.97. The maximum Gasteiger partial charge on any atom is 0.261 e. The number of hydrogen-bond donors (Lipinski definition) is 1. The number of nitrogens with one attached hydrogen (secondary N) is 1. The zero-order valence-corrected chi connectivity index (χ0v) is 14.8. The van der Waals surface area contributed by atoms with Crippen molar-refractivity contribution < 1.29 is 4.79 Å². The van der Waals surface area contributed by atoms with E-state index in [1.807, 2.05) is 26.0 Å². The number of hydrogen-bond acceptors (Lipinski definition) is 3. The van der Waals surface area contributed by atoms with Crippen LogP contribution in [0.5, 0.6) is 0 Å². The SMILES string of the molecule is CCc1nc2ccccc2c(=O)n1CC(=O)Nc1cc(Cl)ccc1C. The van der Waals surface area contributed by atoms with Crippen molar-refractivity contribution in [3.05, 3.63) is 69.2 Å². The second kappa shape index (κ2) is 7.07. The van der Waals surface area contributed by atoms with Crippen molar-refractivity contribution in [3.8, 4) is 0 Å². The van der Waals surface area contributed by atoms with Crippen LogP contribution in [0, 0.1) is 6.92 Å². The van der Waals surface area contributed by atoms with Gasteiger partial charge >= 0.3 is 0 Å². The van der Waals surface area contributed by atoms with Gasteiger partial charge in [0.2, 0.25) is 5.91 Å². The van der Waals surface area contributed by atoms with Crippen LogP contribution in [0.2, 0.25) is 5.02 Å². The summed E-state index contributed by atoms with van der Waals surface area (Å²) in [7, 11) is 0. The number of fused-ring (bicyclic) bond motifs is 1. The Morgan fingerprint density at radius 2 is 2.00 bits per heavy atom. The number of carbonyl (C=O) groups excluding carboxylic acids is 1. The average Bonchev–Trinajstić information content (AvgIpc) is 2.60. The van der Waals surface area contributed by atoms with Gasteiger partial charge in [-0.3, -0.25) is 14.2 Å². The molecule has 3 aromatic rings. The molecule has 0 radical (unpaired) electrons. The fourth-order valence-corrected chi connectivity index (χ4v) is 2.88. The highest BCUT2D eigenvalue weighted by Crippen LogP contribution is 2.20. The molecule has 1 amide bonds. The largest absolute Gasteiger partial charge is 0.324 e. The van der Waals surface area contributed by atoms with Crippen LogP contribution < -0.4 is 10.9 Å². The molecule has 0 spiro atoms. The second-order valence-electron chi connectivity index (χ2n) is 5.80. The quantitative estimate of drug-likeness (QED) is 0.778. The zero-order valence-electron chi connectivity index (χ0n) is 14.0. The number of aryl methyl sites for hydroxylation is 2. The van der Waals surface area contributed by atoms with E-state index in [1.165, 1.54) is 4.57 Å². The highest BCUT2D eigenvalue weighted by atomic mass is 35.5. The van der Waals surface area contributed by atoms with Crippen molar-refractivity contribution in [3.63, 3.8) is 0 Å². The molecular weight excluding hydrogens is 338 g/mol. The van der Waals surface area contributed by atoms with Gasteiger partial charge in [-0.2, -0.15) is 0 Å². The highest BCUT2D eigenvalue weighted by molar-refractivity contribution is 6.31. The van der Waals surface area contributed by atoms with E-state index in [0.717, 1.165) is 5.56 Å². The van der Waals surface area contributed by atoms with Crippen LogP contribution in [-0.4, -0.2) is 15.5 Å². The van der Waals surface area contributed by atoms with Crippen LogP contribution in [0.4, 0.5) is 5.69 Å². The van der Waals surface area contributed by atoms with Crippen molar-refractivity contribution in [1.82, 2.24) is 9.55 Å². The second-order valence-corrected chi connectivity index (χ2v) is 6.23. The third kappa shape index (κ3) is 3.56. The summed E-state index contributed by atoms with van der Waals surface area (Å²) in [6.07, 6.45) is 0.559. The van der Waals surface area contributed by atoms with Gasteiger partial charge in [-0.25, -0.2) is 4.98 Å². The van der Waals surface area contributed by atoms with Gasteiger partial charge < -0.3 is 5.32 Å².